The Bertz CT molecular complexity index is 910. The van der Waals surface area contributed by atoms with Crippen LogP contribution in [0.15, 0.2) is 35.7 Å². The quantitative estimate of drug-likeness (QED) is 0.520. The Morgan fingerprint density at radius 1 is 0.938 bits per heavy atom. The number of para-hydroxylation sites is 2. The fourth-order valence-corrected chi connectivity index (χ4v) is 4.28. The third-order valence-electron chi connectivity index (χ3n) is 6.05. The summed E-state index contributed by atoms with van der Waals surface area (Å²) in [7, 11) is 3.63. The van der Waals surface area contributed by atoms with Crippen molar-refractivity contribution < 1.29 is 14.4 Å². The number of likely N-dealkylation sites (tertiary alicyclic amines) is 1. The molecule has 0 spiro atoms. The van der Waals surface area contributed by atoms with Gasteiger partial charge in [-0.3, -0.25) is 14.4 Å². The summed E-state index contributed by atoms with van der Waals surface area (Å²) in [4.78, 5) is 42.8. The zero-order valence-electron chi connectivity index (χ0n) is 18.9. The summed E-state index contributed by atoms with van der Waals surface area (Å²) in [5.41, 5.74) is 1.87. The molecule has 1 fully saturated rings. The molecular formula is C24H31N5O3. The van der Waals surface area contributed by atoms with E-state index in [1.807, 2.05) is 59.1 Å². The third-order valence-corrected chi connectivity index (χ3v) is 6.05. The number of carbonyl (C=O) groups is 3. The Kier molecular flexibility index (Phi) is 7.87. The monoisotopic (exact) mass is 437 g/mol. The molecule has 1 N–H and O–H groups in total. The maximum Gasteiger partial charge on any atom is 0.224 e. The lowest BCUT2D eigenvalue weighted by Gasteiger charge is -2.20. The number of nitriles is 1. The highest BCUT2D eigenvalue weighted by Gasteiger charge is 2.31. The lowest BCUT2D eigenvalue weighted by atomic mass is 10.1. The van der Waals surface area contributed by atoms with E-state index in [-0.39, 0.29) is 49.0 Å². The van der Waals surface area contributed by atoms with Gasteiger partial charge in [0.25, 0.3) is 0 Å². The highest BCUT2D eigenvalue weighted by molar-refractivity contribution is 6.03. The largest absolute Gasteiger partial charge is 0.356 e. The second-order valence-corrected chi connectivity index (χ2v) is 8.24. The van der Waals surface area contributed by atoms with Crippen LogP contribution in [0.3, 0.4) is 0 Å². The van der Waals surface area contributed by atoms with Crippen LogP contribution in [-0.4, -0.2) is 56.2 Å². The van der Waals surface area contributed by atoms with Crippen LogP contribution in [-0.2, 0) is 14.4 Å². The van der Waals surface area contributed by atoms with Gasteiger partial charge in [0.1, 0.15) is 17.5 Å². The van der Waals surface area contributed by atoms with Crippen molar-refractivity contribution in [3.8, 4) is 6.07 Å². The Labute approximate surface area is 189 Å². The number of carbonyl (C=O) groups excluding carboxylic acids is 3. The molecule has 2 amide bonds. The number of ketones is 1. The van der Waals surface area contributed by atoms with Crippen molar-refractivity contribution in [1.82, 2.24) is 10.2 Å². The molecule has 3 rings (SSSR count). The zero-order chi connectivity index (χ0) is 23.1. The van der Waals surface area contributed by atoms with Crippen LogP contribution in [0.1, 0.15) is 44.9 Å². The van der Waals surface area contributed by atoms with Crippen molar-refractivity contribution in [2.45, 2.75) is 44.9 Å². The summed E-state index contributed by atoms with van der Waals surface area (Å²) in [5.74, 6) is -0.0840. The van der Waals surface area contributed by atoms with Gasteiger partial charge in [-0.25, -0.2) is 0 Å². The number of fused-ring (bicyclic) bond motifs is 1. The maximum atomic E-state index is 12.8. The molecule has 2 aliphatic heterocycles. The molecule has 0 unspecified atom stereocenters. The minimum atomic E-state index is -0.371. The second kappa shape index (κ2) is 10.8. The highest BCUT2D eigenvalue weighted by atomic mass is 16.2. The van der Waals surface area contributed by atoms with Crippen LogP contribution >= 0.6 is 0 Å². The molecule has 1 saturated heterocycles. The van der Waals surface area contributed by atoms with E-state index in [0.717, 1.165) is 50.1 Å². The van der Waals surface area contributed by atoms with Crippen LogP contribution in [0.5, 0.6) is 0 Å². The molecule has 32 heavy (non-hydrogen) atoms. The standard InChI is InChI=1S/C24H31N5O3/c1-27-19-9-5-6-10-20(19)28(2)24(27)18(17-25)21(30)11-12-22(31)26-14-13-23(32)29-15-7-3-4-8-16-29/h5-6,9-10H,3-4,7-8,11-16H2,1-2H3,(H,26,31). The maximum absolute atomic E-state index is 12.8. The molecule has 0 atom stereocenters. The first-order chi connectivity index (χ1) is 15.4. The number of amides is 2. The van der Waals surface area contributed by atoms with Gasteiger partial charge in [-0.15, -0.1) is 0 Å². The van der Waals surface area contributed by atoms with Crippen molar-refractivity contribution in [3.05, 3.63) is 35.7 Å². The number of benzene rings is 1. The van der Waals surface area contributed by atoms with Crippen LogP contribution in [0.25, 0.3) is 0 Å². The topological polar surface area (TPSA) is 96.8 Å². The number of nitrogens with zero attached hydrogens (tertiary/aromatic N) is 4. The minimum absolute atomic E-state index is 0.0183. The number of hydrogen-bond donors (Lipinski definition) is 1. The van der Waals surface area contributed by atoms with Crippen molar-refractivity contribution in [1.29, 1.82) is 5.26 Å². The number of rotatable bonds is 7. The molecule has 0 radical (unpaired) electrons. The third kappa shape index (κ3) is 5.28. The number of hydrogen-bond acceptors (Lipinski definition) is 6. The normalized spacial score (nSPS) is 15.7. The van der Waals surface area contributed by atoms with E-state index in [1.165, 1.54) is 0 Å². The molecule has 0 aromatic heterocycles. The Balaban J connectivity index is 1.50. The molecule has 0 bridgehead atoms. The fourth-order valence-electron chi connectivity index (χ4n) is 4.28. The van der Waals surface area contributed by atoms with Gasteiger partial charge in [0.2, 0.25) is 11.8 Å². The Morgan fingerprint density at radius 2 is 1.53 bits per heavy atom. The molecule has 8 nitrogen and oxygen atoms in total. The predicted octanol–water partition coefficient (Wildman–Crippen LogP) is 2.57. The van der Waals surface area contributed by atoms with Gasteiger partial charge in [-0.1, -0.05) is 25.0 Å². The molecule has 2 aliphatic rings. The van der Waals surface area contributed by atoms with Crippen LogP contribution < -0.4 is 15.1 Å². The molecule has 1 aromatic carbocycles. The average Bonchev–Trinajstić information content (AvgIpc) is 2.98. The number of anilines is 2. The van der Waals surface area contributed by atoms with Gasteiger partial charge in [-0.2, -0.15) is 5.26 Å². The number of Topliss-reactive ketones (excluding diaryl/α,β-unsaturated/α-hetero) is 1. The van der Waals surface area contributed by atoms with E-state index in [2.05, 4.69) is 5.32 Å². The summed E-state index contributed by atoms with van der Waals surface area (Å²) in [6, 6.07) is 9.70. The number of nitrogens with one attached hydrogen (secondary N) is 1. The minimum Gasteiger partial charge on any atom is -0.356 e. The molecule has 170 valence electrons. The lowest BCUT2D eigenvalue weighted by molar-refractivity contribution is -0.131. The lowest BCUT2D eigenvalue weighted by Crippen LogP contribution is -2.35. The first-order valence-electron chi connectivity index (χ1n) is 11.2. The Hall–Kier alpha value is -3.34. The Morgan fingerprint density at radius 3 is 2.09 bits per heavy atom. The second-order valence-electron chi connectivity index (χ2n) is 8.24. The average molecular weight is 438 g/mol. The first-order valence-corrected chi connectivity index (χ1v) is 11.2. The summed E-state index contributed by atoms with van der Waals surface area (Å²) in [5, 5.41) is 12.4. The summed E-state index contributed by atoms with van der Waals surface area (Å²) < 4.78 is 0. The van der Waals surface area contributed by atoms with Crippen LogP contribution in [0, 0.1) is 11.3 Å². The first kappa shape index (κ1) is 23.3. The van der Waals surface area contributed by atoms with Gasteiger partial charge >= 0.3 is 0 Å². The van der Waals surface area contributed by atoms with Gasteiger partial charge < -0.3 is 20.0 Å². The van der Waals surface area contributed by atoms with Crippen molar-refractivity contribution >= 4 is 29.0 Å². The summed E-state index contributed by atoms with van der Waals surface area (Å²) in [6.07, 6.45) is 4.58. The molecular weight excluding hydrogens is 406 g/mol. The summed E-state index contributed by atoms with van der Waals surface area (Å²) >= 11 is 0. The van der Waals surface area contributed by atoms with E-state index in [9.17, 15) is 19.6 Å². The van der Waals surface area contributed by atoms with Gasteiger partial charge in [0, 0.05) is 53.0 Å². The molecule has 0 saturated carbocycles. The molecule has 2 heterocycles. The van der Waals surface area contributed by atoms with E-state index < -0.39 is 0 Å². The van der Waals surface area contributed by atoms with Crippen LogP contribution in [0.2, 0.25) is 0 Å². The van der Waals surface area contributed by atoms with Crippen LogP contribution in [0.4, 0.5) is 11.4 Å². The summed E-state index contributed by atoms with van der Waals surface area (Å²) in [6.45, 7) is 1.84. The van der Waals surface area contributed by atoms with Gasteiger partial charge in [0.05, 0.1) is 11.4 Å². The van der Waals surface area contributed by atoms with Crippen molar-refractivity contribution in [2.75, 3.05) is 43.5 Å². The molecule has 1 aromatic rings. The molecule has 8 heteroatoms. The van der Waals surface area contributed by atoms with E-state index in [0.29, 0.717) is 5.82 Å². The highest BCUT2D eigenvalue weighted by Crippen LogP contribution is 2.40. The van der Waals surface area contributed by atoms with Crippen molar-refractivity contribution in [2.24, 2.45) is 0 Å². The fraction of sp³-hybridized carbons (Fsp3) is 0.500. The SMILES string of the molecule is CN1C(=C(C#N)C(=O)CCC(=O)NCCC(=O)N2CCCCCC2)N(C)c2ccccc21. The van der Waals surface area contributed by atoms with E-state index in [4.69, 9.17) is 0 Å². The number of allylic oxidation sites excluding steroid dienone is 1. The van der Waals surface area contributed by atoms with Gasteiger partial charge in [-0.05, 0) is 25.0 Å². The smallest absolute Gasteiger partial charge is 0.224 e. The van der Waals surface area contributed by atoms with E-state index in [1.54, 1.807) is 0 Å². The predicted molar refractivity (Wildman–Crippen MR) is 123 cm³/mol. The van der Waals surface area contributed by atoms with Gasteiger partial charge in [0.15, 0.2) is 5.78 Å². The zero-order valence-corrected chi connectivity index (χ0v) is 18.9. The van der Waals surface area contributed by atoms with E-state index >= 15 is 0 Å². The van der Waals surface area contributed by atoms with Crippen molar-refractivity contribution in [3.63, 3.8) is 0 Å². The molecule has 0 aliphatic carbocycles.